The molecule has 1 amide bonds. The smallest absolute Gasteiger partial charge is 0.253 e. The number of hydrogen-bond acceptors (Lipinski definition) is 6. The summed E-state index contributed by atoms with van der Waals surface area (Å²) in [6.07, 6.45) is 2.55. The highest BCUT2D eigenvalue weighted by Gasteiger charge is 2.33. The lowest BCUT2D eigenvalue weighted by atomic mass is 9.98. The quantitative estimate of drug-likeness (QED) is 0.418. The standard InChI is InChI=1S/C24H21N5O2S/c1-31-19-12-10-18(11-13-19)21-15-20(17-7-3-2-4-8-17)27-29(21)23(30)16-32-24-26-25-22-9-5-6-14-28(22)24/h2-14,21H,15-16H2,1H3/t21-/m0/s1. The maximum atomic E-state index is 13.3. The second-order valence-electron chi connectivity index (χ2n) is 7.34. The molecule has 7 nitrogen and oxygen atoms in total. The van der Waals surface area contributed by atoms with Crippen molar-refractivity contribution in [1.82, 2.24) is 19.6 Å². The number of amides is 1. The maximum Gasteiger partial charge on any atom is 0.253 e. The monoisotopic (exact) mass is 443 g/mol. The van der Waals surface area contributed by atoms with Gasteiger partial charge in [-0.05, 0) is 35.4 Å². The zero-order chi connectivity index (χ0) is 21.9. The summed E-state index contributed by atoms with van der Waals surface area (Å²) >= 11 is 1.36. The highest BCUT2D eigenvalue weighted by molar-refractivity contribution is 7.99. The molecular weight excluding hydrogens is 422 g/mol. The molecule has 0 spiro atoms. The molecule has 3 heterocycles. The van der Waals surface area contributed by atoms with E-state index in [-0.39, 0.29) is 17.7 Å². The molecule has 1 atom stereocenters. The molecule has 0 radical (unpaired) electrons. The van der Waals surface area contributed by atoms with E-state index in [1.54, 1.807) is 12.1 Å². The Kier molecular flexibility index (Phi) is 5.60. The number of nitrogens with zero attached hydrogens (tertiary/aromatic N) is 5. The van der Waals surface area contributed by atoms with E-state index in [0.29, 0.717) is 11.6 Å². The number of fused-ring (bicyclic) bond motifs is 1. The van der Waals surface area contributed by atoms with Gasteiger partial charge in [0.05, 0.1) is 24.6 Å². The first-order valence-electron chi connectivity index (χ1n) is 10.2. The van der Waals surface area contributed by atoms with Gasteiger partial charge in [0.1, 0.15) is 5.75 Å². The largest absolute Gasteiger partial charge is 0.497 e. The van der Waals surface area contributed by atoms with Crippen molar-refractivity contribution < 1.29 is 9.53 Å². The van der Waals surface area contributed by atoms with E-state index in [1.165, 1.54) is 11.8 Å². The van der Waals surface area contributed by atoms with E-state index in [0.717, 1.165) is 28.2 Å². The summed E-state index contributed by atoms with van der Waals surface area (Å²) in [5.41, 5.74) is 3.70. The summed E-state index contributed by atoms with van der Waals surface area (Å²) in [5.74, 6) is 0.922. The molecule has 0 saturated heterocycles. The first-order valence-corrected chi connectivity index (χ1v) is 11.2. The average molecular weight is 444 g/mol. The number of hydrogen-bond donors (Lipinski definition) is 0. The normalized spacial score (nSPS) is 15.7. The van der Waals surface area contributed by atoms with Gasteiger partial charge in [-0.2, -0.15) is 5.10 Å². The SMILES string of the molecule is COc1ccc([C@@H]2CC(c3ccccc3)=NN2C(=O)CSc2nnc3ccccn23)cc1. The van der Waals surface area contributed by atoms with E-state index in [2.05, 4.69) is 10.2 Å². The van der Waals surface area contributed by atoms with Gasteiger partial charge in [-0.1, -0.05) is 60.3 Å². The summed E-state index contributed by atoms with van der Waals surface area (Å²) in [7, 11) is 1.64. The van der Waals surface area contributed by atoms with Crippen LogP contribution in [-0.2, 0) is 4.79 Å². The zero-order valence-electron chi connectivity index (χ0n) is 17.5. The Morgan fingerprint density at radius 3 is 2.59 bits per heavy atom. The second-order valence-corrected chi connectivity index (χ2v) is 8.29. The van der Waals surface area contributed by atoms with Crippen LogP contribution in [-0.4, -0.2) is 44.1 Å². The molecular formula is C24H21N5O2S. The van der Waals surface area contributed by atoms with Gasteiger partial charge in [0.2, 0.25) is 0 Å². The van der Waals surface area contributed by atoms with Gasteiger partial charge in [-0.3, -0.25) is 9.20 Å². The molecule has 8 heteroatoms. The number of aromatic nitrogens is 3. The van der Waals surface area contributed by atoms with Crippen molar-refractivity contribution in [2.75, 3.05) is 12.9 Å². The number of hydrazone groups is 1. The van der Waals surface area contributed by atoms with E-state index in [1.807, 2.05) is 83.4 Å². The maximum absolute atomic E-state index is 13.3. The van der Waals surface area contributed by atoms with Gasteiger partial charge < -0.3 is 4.74 Å². The number of rotatable bonds is 6. The molecule has 1 aliphatic rings. The van der Waals surface area contributed by atoms with Gasteiger partial charge in [0.25, 0.3) is 5.91 Å². The van der Waals surface area contributed by atoms with Crippen LogP contribution in [0.4, 0.5) is 0 Å². The van der Waals surface area contributed by atoms with Gasteiger partial charge in [-0.15, -0.1) is 10.2 Å². The first kappa shape index (κ1) is 20.3. The minimum Gasteiger partial charge on any atom is -0.497 e. The van der Waals surface area contributed by atoms with E-state index >= 15 is 0 Å². The van der Waals surface area contributed by atoms with Crippen LogP contribution in [0.15, 0.2) is 89.3 Å². The van der Waals surface area contributed by atoms with Crippen molar-refractivity contribution >= 4 is 29.0 Å². The molecule has 32 heavy (non-hydrogen) atoms. The van der Waals surface area contributed by atoms with Gasteiger partial charge in [0.15, 0.2) is 10.8 Å². The molecule has 4 aromatic rings. The highest BCUT2D eigenvalue weighted by atomic mass is 32.2. The number of benzene rings is 2. The highest BCUT2D eigenvalue weighted by Crippen LogP contribution is 2.34. The molecule has 0 aliphatic carbocycles. The van der Waals surface area contributed by atoms with Crippen molar-refractivity contribution in [1.29, 1.82) is 0 Å². The Balaban J connectivity index is 1.40. The average Bonchev–Trinajstić information content (AvgIpc) is 3.48. The fourth-order valence-electron chi connectivity index (χ4n) is 3.74. The van der Waals surface area contributed by atoms with Gasteiger partial charge in [0, 0.05) is 12.6 Å². The molecule has 2 aromatic carbocycles. The van der Waals surface area contributed by atoms with Crippen molar-refractivity contribution in [3.63, 3.8) is 0 Å². The number of thioether (sulfide) groups is 1. The molecule has 0 saturated carbocycles. The van der Waals surface area contributed by atoms with Crippen LogP contribution >= 0.6 is 11.8 Å². The number of pyridine rings is 1. The van der Waals surface area contributed by atoms with E-state index in [9.17, 15) is 4.79 Å². The Bertz CT molecular complexity index is 1270. The van der Waals surface area contributed by atoms with E-state index < -0.39 is 0 Å². The lowest BCUT2D eigenvalue weighted by Gasteiger charge is -2.22. The molecule has 5 rings (SSSR count). The summed E-state index contributed by atoms with van der Waals surface area (Å²) in [4.78, 5) is 13.3. The summed E-state index contributed by atoms with van der Waals surface area (Å²) in [5, 5.41) is 15.4. The van der Waals surface area contributed by atoms with E-state index in [4.69, 9.17) is 9.84 Å². The van der Waals surface area contributed by atoms with Crippen LogP contribution < -0.4 is 4.74 Å². The zero-order valence-corrected chi connectivity index (χ0v) is 18.3. The number of carbonyl (C=O) groups is 1. The fourth-order valence-corrected chi connectivity index (χ4v) is 4.52. The topological polar surface area (TPSA) is 72.1 Å². The molecule has 0 unspecified atom stereocenters. The van der Waals surface area contributed by atoms with Crippen molar-refractivity contribution in [2.24, 2.45) is 5.10 Å². The summed E-state index contributed by atoms with van der Waals surface area (Å²) in [6.45, 7) is 0. The van der Waals surface area contributed by atoms with Crippen LogP contribution in [0.1, 0.15) is 23.6 Å². The van der Waals surface area contributed by atoms with Crippen LogP contribution in [0.25, 0.3) is 5.65 Å². The van der Waals surface area contributed by atoms with Crippen LogP contribution in [0.2, 0.25) is 0 Å². The van der Waals surface area contributed by atoms with Gasteiger partial charge >= 0.3 is 0 Å². The predicted molar refractivity (Wildman–Crippen MR) is 124 cm³/mol. The third kappa shape index (κ3) is 3.97. The molecule has 1 aliphatic heterocycles. The third-order valence-corrected chi connectivity index (χ3v) is 6.31. The van der Waals surface area contributed by atoms with Gasteiger partial charge in [-0.25, -0.2) is 5.01 Å². The molecule has 0 bridgehead atoms. The first-order chi connectivity index (χ1) is 15.7. The van der Waals surface area contributed by atoms with Crippen molar-refractivity contribution in [3.8, 4) is 5.75 Å². The molecule has 160 valence electrons. The van der Waals surface area contributed by atoms with Crippen LogP contribution in [0.3, 0.4) is 0 Å². The Hall–Kier alpha value is -3.65. The number of methoxy groups -OCH3 is 1. The Labute approximate surface area is 189 Å². The minimum absolute atomic E-state index is 0.0746. The number of ether oxygens (including phenoxy) is 1. The third-order valence-electron chi connectivity index (χ3n) is 5.38. The second kappa shape index (κ2) is 8.84. The Morgan fingerprint density at radius 2 is 1.81 bits per heavy atom. The molecule has 0 N–H and O–H groups in total. The minimum atomic E-state index is -0.167. The lowest BCUT2D eigenvalue weighted by molar-refractivity contribution is -0.130. The number of carbonyl (C=O) groups excluding carboxylic acids is 1. The Morgan fingerprint density at radius 1 is 1.03 bits per heavy atom. The van der Waals surface area contributed by atoms with Crippen LogP contribution in [0.5, 0.6) is 5.75 Å². The van der Waals surface area contributed by atoms with Crippen molar-refractivity contribution in [3.05, 3.63) is 90.1 Å². The van der Waals surface area contributed by atoms with Crippen molar-refractivity contribution in [2.45, 2.75) is 17.6 Å². The molecule has 2 aromatic heterocycles. The summed E-state index contributed by atoms with van der Waals surface area (Å²) in [6, 6.07) is 23.3. The molecule has 0 fully saturated rings. The lowest BCUT2D eigenvalue weighted by Crippen LogP contribution is -2.28. The summed E-state index contributed by atoms with van der Waals surface area (Å²) < 4.78 is 7.16. The fraction of sp³-hybridized carbons (Fsp3) is 0.167. The predicted octanol–water partition coefficient (Wildman–Crippen LogP) is 4.21. The van der Waals surface area contributed by atoms with Crippen LogP contribution in [0, 0.1) is 0 Å².